The largest absolute Gasteiger partial charge is 0.494 e. The topological polar surface area (TPSA) is 68.8 Å². The number of nitriles is 2. The van der Waals surface area contributed by atoms with Crippen molar-refractivity contribution >= 4 is 5.69 Å². The van der Waals surface area contributed by atoms with Crippen LogP contribution in [0, 0.1) is 22.7 Å². The molecule has 0 saturated heterocycles. The maximum Gasteiger partial charge on any atom is 0.119 e. The van der Waals surface area contributed by atoms with E-state index >= 15 is 0 Å². The third kappa shape index (κ3) is 4.56. The van der Waals surface area contributed by atoms with Gasteiger partial charge < -0.3 is 10.1 Å². The normalized spacial score (nSPS) is 9.43. The molecule has 0 aliphatic heterocycles. The minimum Gasteiger partial charge on any atom is -0.494 e. The van der Waals surface area contributed by atoms with Crippen molar-refractivity contribution in [3.8, 4) is 17.9 Å². The molecular formula is C17H15N3O. The summed E-state index contributed by atoms with van der Waals surface area (Å²) in [5, 5.41) is 20.7. The Morgan fingerprint density at radius 2 is 1.43 bits per heavy atom. The molecule has 0 aromatic heterocycles. The molecule has 21 heavy (non-hydrogen) atoms. The lowest BCUT2D eigenvalue weighted by Crippen LogP contribution is -2.07. The molecule has 1 N–H and O–H groups in total. The first-order valence-electron chi connectivity index (χ1n) is 6.69. The summed E-state index contributed by atoms with van der Waals surface area (Å²) in [4.78, 5) is 0. The van der Waals surface area contributed by atoms with Crippen molar-refractivity contribution in [2.45, 2.75) is 6.42 Å². The number of rotatable bonds is 6. The van der Waals surface area contributed by atoms with Crippen molar-refractivity contribution in [3.05, 3.63) is 59.7 Å². The molecule has 2 aromatic carbocycles. The summed E-state index contributed by atoms with van der Waals surface area (Å²) in [6, 6.07) is 18.6. The molecule has 0 radical (unpaired) electrons. The Balaban J connectivity index is 1.67. The first kappa shape index (κ1) is 14.4. The quantitative estimate of drug-likeness (QED) is 0.822. The van der Waals surface area contributed by atoms with Crippen LogP contribution in [0.3, 0.4) is 0 Å². The second kappa shape index (κ2) is 7.57. The molecule has 4 nitrogen and oxygen atoms in total. The Labute approximate surface area is 124 Å². The van der Waals surface area contributed by atoms with E-state index in [0.717, 1.165) is 24.4 Å². The highest BCUT2D eigenvalue weighted by Gasteiger charge is 1.96. The van der Waals surface area contributed by atoms with Gasteiger partial charge >= 0.3 is 0 Å². The van der Waals surface area contributed by atoms with Crippen molar-refractivity contribution in [1.82, 2.24) is 0 Å². The molecular weight excluding hydrogens is 262 g/mol. The van der Waals surface area contributed by atoms with Gasteiger partial charge in [0.25, 0.3) is 0 Å². The van der Waals surface area contributed by atoms with Crippen LogP contribution >= 0.6 is 0 Å². The Hall–Kier alpha value is -2.98. The molecule has 0 aliphatic rings. The molecule has 104 valence electrons. The molecule has 0 saturated carbocycles. The van der Waals surface area contributed by atoms with Gasteiger partial charge in [0.2, 0.25) is 0 Å². The van der Waals surface area contributed by atoms with E-state index in [4.69, 9.17) is 15.3 Å². The molecule has 0 aliphatic carbocycles. The van der Waals surface area contributed by atoms with Crippen LogP contribution < -0.4 is 10.1 Å². The highest BCUT2D eigenvalue weighted by atomic mass is 16.5. The van der Waals surface area contributed by atoms with E-state index in [9.17, 15) is 0 Å². The third-order valence-electron chi connectivity index (χ3n) is 2.92. The van der Waals surface area contributed by atoms with Gasteiger partial charge in [0.05, 0.1) is 29.9 Å². The van der Waals surface area contributed by atoms with E-state index in [1.807, 2.05) is 12.1 Å². The summed E-state index contributed by atoms with van der Waals surface area (Å²) in [5.41, 5.74) is 2.28. The van der Waals surface area contributed by atoms with Gasteiger partial charge in [-0.25, -0.2) is 0 Å². The number of nitrogens with one attached hydrogen (secondary N) is 1. The van der Waals surface area contributed by atoms with Gasteiger partial charge in [0.1, 0.15) is 5.75 Å². The van der Waals surface area contributed by atoms with Gasteiger partial charge in [-0.3, -0.25) is 0 Å². The molecule has 0 amide bonds. The van der Waals surface area contributed by atoms with Gasteiger partial charge in [-0.2, -0.15) is 10.5 Å². The van der Waals surface area contributed by atoms with Gasteiger partial charge in [0, 0.05) is 12.2 Å². The third-order valence-corrected chi connectivity index (χ3v) is 2.92. The first-order valence-corrected chi connectivity index (χ1v) is 6.69. The fraction of sp³-hybridized carbons (Fsp3) is 0.176. The second-order valence-corrected chi connectivity index (χ2v) is 4.45. The second-order valence-electron chi connectivity index (χ2n) is 4.45. The van der Waals surface area contributed by atoms with Crippen LogP contribution in [0.25, 0.3) is 0 Å². The summed E-state index contributed by atoms with van der Waals surface area (Å²) < 4.78 is 5.59. The predicted molar refractivity (Wildman–Crippen MR) is 80.9 cm³/mol. The van der Waals surface area contributed by atoms with E-state index < -0.39 is 0 Å². The minimum absolute atomic E-state index is 0.606. The van der Waals surface area contributed by atoms with Crippen molar-refractivity contribution in [2.24, 2.45) is 0 Å². The summed E-state index contributed by atoms with van der Waals surface area (Å²) in [6.07, 6.45) is 0.861. The van der Waals surface area contributed by atoms with Crippen LogP contribution in [-0.2, 0) is 0 Å². The Kier molecular flexibility index (Phi) is 5.20. The van der Waals surface area contributed by atoms with Gasteiger partial charge in [-0.15, -0.1) is 0 Å². The minimum atomic E-state index is 0.606. The number of nitrogens with zero attached hydrogens (tertiary/aromatic N) is 2. The highest BCUT2D eigenvalue weighted by Crippen LogP contribution is 2.12. The lowest BCUT2D eigenvalue weighted by Gasteiger charge is -2.08. The Bertz CT molecular complexity index is 589. The van der Waals surface area contributed by atoms with Crippen LogP contribution in [0.4, 0.5) is 5.69 Å². The Morgan fingerprint density at radius 1 is 0.857 bits per heavy atom. The van der Waals surface area contributed by atoms with E-state index in [1.54, 1.807) is 36.4 Å². The lowest BCUT2D eigenvalue weighted by molar-refractivity contribution is 0.315. The molecule has 0 spiro atoms. The fourth-order valence-electron chi connectivity index (χ4n) is 1.78. The van der Waals surface area contributed by atoms with E-state index in [0.29, 0.717) is 17.7 Å². The highest BCUT2D eigenvalue weighted by molar-refractivity contribution is 5.47. The predicted octanol–water partition coefficient (Wildman–Crippen LogP) is 3.31. The maximum atomic E-state index is 8.71. The van der Waals surface area contributed by atoms with E-state index in [2.05, 4.69) is 17.5 Å². The molecule has 2 aromatic rings. The van der Waals surface area contributed by atoms with Crippen molar-refractivity contribution in [3.63, 3.8) is 0 Å². The first-order chi connectivity index (χ1) is 10.3. The van der Waals surface area contributed by atoms with Crippen LogP contribution in [0.2, 0.25) is 0 Å². The average Bonchev–Trinajstić information content (AvgIpc) is 2.55. The van der Waals surface area contributed by atoms with Crippen LogP contribution in [0.5, 0.6) is 5.75 Å². The summed E-state index contributed by atoms with van der Waals surface area (Å²) >= 11 is 0. The molecule has 0 bridgehead atoms. The maximum absolute atomic E-state index is 8.71. The summed E-state index contributed by atoms with van der Waals surface area (Å²) in [7, 11) is 0. The van der Waals surface area contributed by atoms with Crippen molar-refractivity contribution in [1.29, 1.82) is 10.5 Å². The zero-order chi connectivity index (χ0) is 14.9. The SMILES string of the molecule is N#Cc1ccc(NCCCOc2ccc(C#N)cc2)cc1. The van der Waals surface area contributed by atoms with Crippen LogP contribution in [0.1, 0.15) is 17.5 Å². The number of hydrogen-bond donors (Lipinski definition) is 1. The van der Waals surface area contributed by atoms with Crippen molar-refractivity contribution < 1.29 is 4.74 Å². The summed E-state index contributed by atoms with van der Waals surface area (Å²) in [5.74, 6) is 0.771. The molecule has 0 atom stereocenters. The number of anilines is 1. The van der Waals surface area contributed by atoms with E-state index in [-0.39, 0.29) is 0 Å². The van der Waals surface area contributed by atoms with Crippen LogP contribution in [0.15, 0.2) is 48.5 Å². The van der Waals surface area contributed by atoms with Gasteiger partial charge in [0.15, 0.2) is 0 Å². The number of benzene rings is 2. The van der Waals surface area contributed by atoms with E-state index in [1.165, 1.54) is 0 Å². The lowest BCUT2D eigenvalue weighted by atomic mass is 10.2. The fourth-order valence-corrected chi connectivity index (χ4v) is 1.78. The number of ether oxygens (including phenoxy) is 1. The van der Waals surface area contributed by atoms with Gasteiger partial charge in [-0.1, -0.05) is 0 Å². The number of hydrogen-bond acceptors (Lipinski definition) is 4. The molecule has 0 fully saturated rings. The summed E-state index contributed by atoms with van der Waals surface area (Å²) in [6.45, 7) is 1.40. The molecule has 4 heteroatoms. The molecule has 2 rings (SSSR count). The zero-order valence-electron chi connectivity index (χ0n) is 11.5. The molecule has 0 heterocycles. The van der Waals surface area contributed by atoms with Crippen LogP contribution in [-0.4, -0.2) is 13.2 Å². The van der Waals surface area contributed by atoms with Gasteiger partial charge in [-0.05, 0) is 55.0 Å². The Morgan fingerprint density at radius 3 is 2.00 bits per heavy atom. The standard InChI is InChI=1S/C17H15N3O/c18-12-14-2-6-16(7-3-14)20-10-1-11-21-17-8-4-15(13-19)5-9-17/h2-9,20H,1,10-11H2. The monoisotopic (exact) mass is 277 g/mol. The van der Waals surface area contributed by atoms with Crippen molar-refractivity contribution in [2.75, 3.05) is 18.5 Å². The zero-order valence-corrected chi connectivity index (χ0v) is 11.5. The smallest absolute Gasteiger partial charge is 0.119 e. The average molecular weight is 277 g/mol. The molecule has 0 unspecified atom stereocenters.